The molecule has 104 valence electrons. The van der Waals surface area contributed by atoms with Crippen LogP contribution in [-0.2, 0) is 0 Å². The molecule has 0 heterocycles. The van der Waals surface area contributed by atoms with Crippen LogP contribution >= 0.6 is 11.8 Å². The van der Waals surface area contributed by atoms with Crippen LogP contribution in [-0.4, -0.2) is 10.5 Å². The van der Waals surface area contributed by atoms with Gasteiger partial charge in [0.1, 0.15) is 0 Å². The molecule has 4 atom stereocenters. The van der Waals surface area contributed by atoms with Crippen molar-refractivity contribution in [3.05, 3.63) is 23.8 Å². The van der Waals surface area contributed by atoms with Crippen LogP contribution in [0.25, 0.3) is 0 Å². The summed E-state index contributed by atoms with van der Waals surface area (Å²) in [6.07, 6.45) is 20.4. The molecule has 0 spiro atoms. The lowest BCUT2D eigenvalue weighted by Gasteiger charge is -2.36. The first-order valence-electron chi connectivity index (χ1n) is 8.41. The van der Waals surface area contributed by atoms with Crippen LogP contribution in [0.4, 0.5) is 0 Å². The molecule has 0 bridgehead atoms. The summed E-state index contributed by atoms with van der Waals surface area (Å²) in [4.78, 5) is 0. The second-order valence-corrected chi connectivity index (χ2v) is 8.43. The topological polar surface area (TPSA) is 0 Å². The number of rotatable bonds is 4. The maximum Gasteiger partial charge on any atom is 0.0293 e. The Morgan fingerprint density at radius 3 is 2.53 bits per heavy atom. The average Bonchev–Trinajstić information content (AvgIpc) is 3.09. The molecule has 4 aliphatic carbocycles. The highest BCUT2D eigenvalue weighted by Gasteiger charge is 2.44. The van der Waals surface area contributed by atoms with Gasteiger partial charge in [0.05, 0.1) is 0 Å². The maximum absolute atomic E-state index is 2.59. The van der Waals surface area contributed by atoms with Crippen molar-refractivity contribution in [1.82, 2.24) is 0 Å². The van der Waals surface area contributed by atoms with Crippen LogP contribution in [0.5, 0.6) is 0 Å². The minimum atomic E-state index is 0.863. The molecule has 0 radical (unpaired) electrons. The predicted octanol–water partition coefficient (Wildman–Crippen LogP) is 5.35. The largest absolute Gasteiger partial charge is 0.150 e. The molecule has 0 N–H and O–H groups in total. The average molecular weight is 274 g/mol. The maximum atomic E-state index is 2.59. The molecule has 4 aliphatic rings. The molecule has 0 aliphatic heterocycles. The molecule has 0 saturated heterocycles. The molecule has 4 rings (SSSR count). The highest BCUT2D eigenvalue weighted by atomic mass is 32.2. The highest BCUT2D eigenvalue weighted by Crippen LogP contribution is 2.54. The lowest BCUT2D eigenvalue weighted by molar-refractivity contribution is 0.223. The Kier molecular flexibility index (Phi) is 3.51. The predicted molar refractivity (Wildman–Crippen MR) is 84.4 cm³/mol. The number of thioether (sulfide) groups is 1. The quantitative estimate of drug-likeness (QED) is 0.622. The lowest BCUT2D eigenvalue weighted by Crippen LogP contribution is -2.29. The van der Waals surface area contributed by atoms with Gasteiger partial charge in [0.15, 0.2) is 0 Å². The van der Waals surface area contributed by atoms with Crippen molar-refractivity contribution in [2.24, 2.45) is 17.8 Å². The highest BCUT2D eigenvalue weighted by molar-refractivity contribution is 8.00. The third-order valence-electron chi connectivity index (χ3n) is 6.01. The molecule has 4 unspecified atom stereocenters. The van der Waals surface area contributed by atoms with Gasteiger partial charge < -0.3 is 0 Å². The number of hydrogen-bond acceptors (Lipinski definition) is 1. The summed E-state index contributed by atoms with van der Waals surface area (Å²) >= 11 is 2.40. The van der Waals surface area contributed by atoms with E-state index >= 15 is 0 Å². The van der Waals surface area contributed by atoms with E-state index < -0.39 is 0 Å². The van der Waals surface area contributed by atoms with Gasteiger partial charge in [0.25, 0.3) is 0 Å². The van der Waals surface area contributed by atoms with E-state index in [0.717, 1.165) is 28.3 Å². The van der Waals surface area contributed by atoms with Crippen LogP contribution in [0, 0.1) is 17.8 Å². The van der Waals surface area contributed by atoms with E-state index in [4.69, 9.17) is 0 Å². The summed E-state index contributed by atoms with van der Waals surface area (Å²) in [5.74, 6) is 3.15. The van der Waals surface area contributed by atoms with Crippen molar-refractivity contribution >= 4 is 11.8 Å². The zero-order valence-corrected chi connectivity index (χ0v) is 12.7. The van der Waals surface area contributed by atoms with Crippen molar-refractivity contribution < 1.29 is 0 Å². The summed E-state index contributed by atoms with van der Waals surface area (Å²) in [7, 11) is 0. The molecule has 0 amide bonds. The summed E-state index contributed by atoms with van der Waals surface area (Å²) in [6.45, 7) is 0. The van der Waals surface area contributed by atoms with Crippen molar-refractivity contribution in [2.45, 2.75) is 68.3 Å². The van der Waals surface area contributed by atoms with Gasteiger partial charge in [0, 0.05) is 10.5 Å². The molecular formula is C18H26S. The van der Waals surface area contributed by atoms with Gasteiger partial charge in [-0.3, -0.25) is 0 Å². The Morgan fingerprint density at radius 1 is 1.05 bits per heavy atom. The van der Waals surface area contributed by atoms with E-state index in [9.17, 15) is 0 Å². The summed E-state index contributed by atoms with van der Waals surface area (Å²) in [5.41, 5.74) is 1.82. The SMILES string of the molecule is C1=CCC(C(SC2CCC3CCC32)C2=CCCC2)C1. The third kappa shape index (κ3) is 2.33. The minimum Gasteiger partial charge on any atom is -0.150 e. The van der Waals surface area contributed by atoms with E-state index in [0.29, 0.717) is 0 Å². The van der Waals surface area contributed by atoms with E-state index in [2.05, 4.69) is 30.0 Å². The Morgan fingerprint density at radius 2 is 1.89 bits per heavy atom. The van der Waals surface area contributed by atoms with Crippen LogP contribution < -0.4 is 0 Å². The fourth-order valence-electron chi connectivity index (χ4n) is 4.73. The smallest absolute Gasteiger partial charge is 0.0293 e. The van der Waals surface area contributed by atoms with Gasteiger partial charge in [-0.15, -0.1) is 0 Å². The Hall–Kier alpha value is -0.170. The normalized spacial score (nSPS) is 39.2. The minimum absolute atomic E-state index is 0.863. The monoisotopic (exact) mass is 274 g/mol. The van der Waals surface area contributed by atoms with Gasteiger partial charge in [-0.1, -0.05) is 23.8 Å². The zero-order chi connectivity index (χ0) is 12.7. The first-order chi connectivity index (χ1) is 9.42. The van der Waals surface area contributed by atoms with E-state index in [1.807, 2.05) is 5.57 Å². The Bertz CT molecular complexity index is 386. The van der Waals surface area contributed by atoms with Gasteiger partial charge in [-0.25, -0.2) is 0 Å². The van der Waals surface area contributed by atoms with Crippen LogP contribution in [0.3, 0.4) is 0 Å². The summed E-state index contributed by atoms with van der Waals surface area (Å²) in [6, 6.07) is 0. The Balaban J connectivity index is 1.46. The third-order valence-corrected chi connectivity index (χ3v) is 7.93. The molecular weight excluding hydrogens is 248 g/mol. The van der Waals surface area contributed by atoms with E-state index in [1.165, 1.54) is 51.4 Å². The molecule has 0 nitrogen and oxygen atoms in total. The molecule has 19 heavy (non-hydrogen) atoms. The van der Waals surface area contributed by atoms with E-state index in [1.54, 1.807) is 6.42 Å². The summed E-state index contributed by atoms with van der Waals surface area (Å²) < 4.78 is 0. The zero-order valence-electron chi connectivity index (χ0n) is 11.9. The van der Waals surface area contributed by atoms with Crippen LogP contribution in [0.1, 0.15) is 57.8 Å². The van der Waals surface area contributed by atoms with Crippen LogP contribution in [0.2, 0.25) is 0 Å². The Labute approximate surface area is 122 Å². The first-order valence-corrected chi connectivity index (χ1v) is 9.35. The molecule has 1 heteroatoms. The molecule has 2 saturated carbocycles. The van der Waals surface area contributed by atoms with Gasteiger partial charge in [-0.05, 0) is 75.5 Å². The van der Waals surface area contributed by atoms with Gasteiger partial charge >= 0.3 is 0 Å². The molecule has 0 aromatic carbocycles. The second-order valence-electron chi connectivity index (χ2n) is 7.05. The number of fused-ring (bicyclic) bond motifs is 1. The molecule has 0 aromatic heterocycles. The van der Waals surface area contributed by atoms with Gasteiger partial charge in [0.2, 0.25) is 0 Å². The standard InChI is InChI=1S/C18H26S/c1-2-6-14(5-1)18(15-7-3-4-8-15)19-17-12-10-13-9-11-16(13)17/h1-2,7,13-14,16-18H,3-6,8-12H2. The number of hydrogen-bond donors (Lipinski definition) is 0. The van der Waals surface area contributed by atoms with Crippen molar-refractivity contribution in [1.29, 1.82) is 0 Å². The van der Waals surface area contributed by atoms with Crippen molar-refractivity contribution in [3.8, 4) is 0 Å². The second kappa shape index (κ2) is 5.31. The number of allylic oxidation sites excluding steroid dienone is 3. The van der Waals surface area contributed by atoms with Gasteiger partial charge in [-0.2, -0.15) is 11.8 Å². The molecule has 0 aromatic rings. The lowest BCUT2D eigenvalue weighted by atomic mass is 9.76. The fraction of sp³-hybridized carbons (Fsp3) is 0.778. The first kappa shape index (κ1) is 12.6. The fourth-order valence-corrected chi connectivity index (χ4v) is 6.78. The van der Waals surface area contributed by atoms with Crippen molar-refractivity contribution in [2.75, 3.05) is 0 Å². The van der Waals surface area contributed by atoms with E-state index in [-0.39, 0.29) is 0 Å². The van der Waals surface area contributed by atoms with Crippen molar-refractivity contribution in [3.63, 3.8) is 0 Å². The summed E-state index contributed by atoms with van der Waals surface area (Å²) in [5, 5.41) is 1.87. The molecule has 2 fully saturated rings. The van der Waals surface area contributed by atoms with Crippen LogP contribution in [0.15, 0.2) is 23.8 Å².